The van der Waals surface area contributed by atoms with Crippen molar-refractivity contribution < 1.29 is 17.9 Å². The van der Waals surface area contributed by atoms with Gasteiger partial charge in [-0.25, -0.2) is 8.42 Å². The molecule has 0 saturated heterocycles. The second-order valence-corrected chi connectivity index (χ2v) is 6.54. The van der Waals surface area contributed by atoms with E-state index in [1.165, 1.54) is 17.5 Å². The van der Waals surface area contributed by atoms with E-state index in [0.717, 1.165) is 6.26 Å². The Bertz CT molecular complexity index is 589. The molecule has 0 unspecified atom stereocenters. The zero-order chi connectivity index (χ0) is 15.3. The molecule has 2 N–H and O–H groups in total. The molecule has 6 nitrogen and oxygen atoms in total. The van der Waals surface area contributed by atoms with Crippen LogP contribution in [-0.4, -0.2) is 34.2 Å². The number of hydrogen-bond acceptors (Lipinski definition) is 4. The van der Waals surface area contributed by atoms with Gasteiger partial charge < -0.3 is 10.5 Å². The first-order valence-corrected chi connectivity index (χ1v) is 8.08. The first-order chi connectivity index (χ1) is 9.25. The lowest BCUT2D eigenvalue weighted by molar-refractivity contribution is -0.118. The van der Waals surface area contributed by atoms with Gasteiger partial charge in [-0.3, -0.25) is 9.10 Å². The van der Waals surface area contributed by atoms with Crippen LogP contribution in [0.3, 0.4) is 0 Å². The van der Waals surface area contributed by atoms with Gasteiger partial charge in [-0.15, -0.1) is 0 Å². The van der Waals surface area contributed by atoms with Crippen LogP contribution in [0.2, 0.25) is 5.02 Å². The number of carbonyl (C=O) groups is 1. The number of benzene rings is 1. The minimum absolute atomic E-state index is 0.121. The Labute approximate surface area is 123 Å². The van der Waals surface area contributed by atoms with E-state index in [2.05, 4.69) is 0 Å². The lowest BCUT2D eigenvalue weighted by atomic mass is 10.2. The highest BCUT2D eigenvalue weighted by molar-refractivity contribution is 7.92. The van der Waals surface area contributed by atoms with Crippen molar-refractivity contribution in [2.75, 3.05) is 24.2 Å². The van der Waals surface area contributed by atoms with Gasteiger partial charge in [-0.05, 0) is 24.6 Å². The van der Waals surface area contributed by atoms with Crippen LogP contribution in [0.5, 0.6) is 5.75 Å². The molecule has 0 saturated carbocycles. The van der Waals surface area contributed by atoms with Crippen molar-refractivity contribution in [3.63, 3.8) is 0 Å². The zero-order valence-corrected chi connectivity index (χ0v) is 12.9. The predicted octanol–water partition coefficient (Wildman–Crippen LogP) is 1.38. The van der Waals surface area contributed by atoms with Crippen LogP contribution in [0.15, 0.2) is 18.2 Å². The molecule has 1 rings (SSSR count). The summed E-state index contributed by atoms with van der Waals surface area (Å²) in [7, 11) is -2.00. The number of carbonyl (C=O) groups excluding carboxylic acids is 1. The van der Waals surface area contributed by atoms with E-state index in [0.29, 0.717) is 22.9 Å². The quantitative estimate of drug-likeness (QED) is 0.821. The Morgan fingerprint density at radius 2 is 2.10 bits per heavy atom. The van der Waals surface area contributed by atoms with Gasteiger partial charge in [0.05, 0.1) is 24.1 Å². The lowest BCUT2D eigenvalue weighted by Gasteiger charge is -2.22. The number of primary amides is 1. The number of nitrogens with zero attached hydrogens (tertiary/aromatic N) is 1. The van der Waals surface area contributed by atoms with E-state index in [-0.39, 0.29) is 13.0 Å². The largest absolute Gasteiger partial charge is 0.495 e. The SMILES string of the molecule is COc1ccc(N(CCCC(N)=O)S(C)(=O)=O)cc1Cl. The van der Waals surface area contributed by atoms with E-state index in [9.17, 15) is 13.2 Å². The standard InChI is InChI=1S/C12H17ClN2O4S/c1-19-11-6-5-9(8-10(11)13)15(20(2,17)18)7-3-4-12(14)16/h5-6,8H,3-4,7H2,1-2H3,(H2,14,16). The molecule has 1 amide bonds. The predicted molar refractivity (Wildman–Crippen MR) is 78.6 cm³/mol. The summed E-state index contributed by atoms with van der Waals surface area (Å²) in [4.78, 5) is 10.7. The van der Waals surface area contributed by atoms with E-state index in [1.807, 2.05) is 0 Å². The van der Waals surface area contributed by atoms with Crippen molar-refractivity contribution in [2.24, 2.45) is 5.73 Å². The Hall–Kier alpha value is -1.47. The van der Waals surface area contributed by atoms with Crippen molar-refractivity contribution in [2.45, 2.75) is 12.8 Å². The Morgan fingerprint density at radius 3 is 2.55 bits per heavy atom. The van der Waals surface area contributed by atoms with Gasteiger partial charge >= 0.3 is 0 Å². The molecule has 0 radical (unpaired) electrons. The Balaban J connectivity index is 3.00. The molecule has 0 aliphatic heterocycles. The highest BCUT2D eigenvalue weighted by Crippen LogP contribution is 2.30. The minimum Gasteiger partial charge on any atom is -0.495 e. The van der Waals surface area contributed by atoms with E-state index < -0.39 is 15.9 Å². The van der Waals surface area contributed by atoms with Crippen LogP contribution in [0.1, 0.15) is 12.8 Å². The van der Waals surface area contributed by atoms with Gasteiger partial charge in [0, 0.05) is 13.0 Å². The summed E-state index contributed by atoms with van der Waals surface area (Å²) in [6.45, 7) is 0.157. The van der Waals surface area contributed by atoms with E-state index >= 15 is 0 Å². The summed E-state index contributed by atoms with van der Waals surface area (Å²) in [6.07, 6.45) is 1.55. The summed E-state index contributed by atoms with van der Waals surface area (Å²) in [6, 6.07) is 4.69. The highest BCUT2D eigenvalue weighted by atomic mass is 35.5. The summed E-state index contributed by atoms with van der Waals surface area (Å²) in [5, 5.41) is 0.313. The number of rotatable bonds is 7. The second-order valence-electron chi connectivity index (χ2n) is 4.22. The number of amides is 1. The normalized spacial score (nSPS) is 11.2. The molecule has 0 heterocycles. The second kappa shape index (κ2) is 6.81. The number of ether oxygens (including phenoxy) is 1. The topological polar surface area (TPSA) is 89.7 Å². The summed E-state index contributed by atoms with van der Waals surface area (Å²) in [5.41, 5.74) is 5.46. The number of sulfonamides is 1. The van der Waals surface area contributed by atoms with Crippen molar-refractivity contribution in [1.29, 1.82) is 0 Å². The summed E-state index contributed by atoms with van der Waals surface area (Å²) >= 11 is 5.99. The van der Waals surface area contributed by atoms with Gasteiger partial charge in [0.25, 0.3) is 0 Å². The highest BCUT2D eigenvalue weighted by Gasteiger charge is 2.18. The number of hydrogen-bond donors (Lipinski definition) is 1. The number of nitrogens with two attached hydrogens (primary N) is 1. The molecule has 20 heavy (non-hydrogen) atoms. The number of halogens is 1. The Morgan fingerprint density at radius 1 is 1.45 bits per heavy atom. The molecule has 112 valence electrons. The molecular weight excluding hydrogens is 304 g/mol. The van der Waals surface area contributed by atoms with Crippen LogP contribution >= 0.6 is 11.6 Å². The van der Waals surface area contributed by atoms with Crippen molar-refractivity contribution in [1.82, 2.24) is 0 Å². The molecule has 0 aliphatic carbocycles. The zero-order valence-electron chi connectivity index (χ0n) is 11.3. The molecule has 0 spiro atoms. The van der Waals surface area contributed by atoms with Gasteiger partial charge in [0.2, 0.25) is 15.9 Å². The maximum absolute atomic E-state index is 11.8. The van der Waals surface area contributed by atoms with Gasteiger partial charge in [-0.1, -0.05) is 11.6 Å². The van der Waals surface area contributed by atoms with Crippen LogP contribution in [0, 0.1) is 0 Å². The van der Waals surface area contributed by atoms with Crippen LogP contribution in [-0.2, 0) is 14.8 Å². The molecule has 0 fully saturated rings. The summed E-state index contributed by atoms with van der Waals surface area (Å²) < 4.78 is 29.8. The molecule has 1 aromatic carbocycles. The molecule has 0 atom stereocenters. The third-order valence-corrected chi connectivity index (χ3v) is 4.10. The average molecular weight is 321 g/mol. The van der Waals surface area contributed by atoms with E-state index in [1.54, 1.807) is 12.1 Å². The lowest BCUT2D eigenvalue weighted by Crippen LogP contribution is -2.31. The third-order valence-electron chi connectivity index (χ3n) is 2.61. The van der Waals surface area contributed by atoms with Crippen molar-refractivity contribution in [3.8, 4) is 5.75 Å². The van der Waals surface area contributed by atoms with Crippen LogP contribution < -0.4 is 14.8 Å². The first-order valence-electron chi connectivity index (χ1n) is 5.85. The van der Waals surface area contributed by atoms with Gasteiger partial charge in [0.1, 0.15) is 5.75 Å². The number of anilines is 1. The molecule has 1 aromatic rings. The van der Waals surface area contributed by atoms with Crippen LogP contribution in [0.4, 0.5) is 5.69 Å². The fraction of sp³-hybridized carbons (Fsp3) is 0.417. The van der Waals surface area contributed by atoms with Crippen molar-refractivity contribution >= 4 is 33.2 Å². The fourth-order valence-corrected chi connectivity index (χ4v) is 2.90. The summed E-state index contributed by atoms with van der Waals surface area (Å²) in [5.74, 6) is -0.00721. The first kappa shape index (κ1) is 16.6. The van der Waals surface area contributed by atoms with Gasteiger partial charge in [-0.2, -0.15) is 0 Å². The van der Waals surface area contributed by atoms with Crippen molar-refractivity contribution in [3.05, 3.63) is 23.2 Å². The fourth-order valence-electron chi connectivity index (χ4n) is 1.69. The van der Waals surface area contributed by atoms with Crippen LogP contribution in [0.25, 0.3) is 0 Å². The molecule has 8 heteroatoms. The average Bonchev–Trinajstić information content (AvgIpc) is 2.32. The molecule has 0 aromatic heterocycles. The third kappa shape index (κ3) is 4.57. The maximum atomic E-state index is 11.8. The maximum Gasteiger partial charge on any atom is 0.232 e. The monoisotopic (exact) mass is 320 g/mol. The molecule has 0 aliphatic rings. The van der Waals surface area contributed by atoms with Gasteiger partial charge in [0.15, 0.2) is 0 Å². The minimum atomic E-state index is -3.47. The number of methoxy groups -OCH3 is 1. The molecular formula is C12H17ClN2O4S. The Kier molecular flexibility index (Phi) is 5.64. The molecule has 0 bridgehead atoms. The van der Waals surface area contributed by atoms with E-state index in [4.69, 9.17) is 22.1 Å². The smallest absolute Gasteiger partial charge is 0.232 e.